The first-order valence-corrected chi connectivity index (χ1v) is 5.37. The van der Waals surface area contributed by atoms with Crippen molar-refractivity contribution in [3.63, 3.8) is 0 Å². The number of hydrogen-bond acceptors (Lipinski definition) is 9. The Morgan fingerprint density at radius 3 is 0.692 bits per heavy atom. The molecule has 0 N–H and O–H groups in total. The normalized spacial score (nSPS) is 9.38. The Morgan fingerprint density at radius 2 is 0.692 bits per heavy atom. The summed E-state index contributed by atoms with van der Waals surface area (Å²) in [7, 11) is -10.3. The van der Waals surface area contributed by atoms with Gasteiger partial charge in [-0.15, -0.1) is 0 Å². The second-order valence-electron chi connectivity index (χ2n) is 0.816. The first-order chi connectivity index (χ1) is 5.00. The smallest absolute Gasteiger partial charge is 2.00 e. The molecule has 0 aromatic heterocycles. The Labute approximate surface area is 101 Å². The number of rotatable bonds is 0. The Bertz CT molecular complexity index is 227. The Hall–Kier alpha value is 1.00. The fraction of sp³-hybridized carbons (Fsp3) is 0. The molecule has 13 heavy (non-hydrogen) atoms. The molecule has 0 aromatic rings. The molecular weight excluding hydrogens is 433 g/mol. The van der Waals surface area contributed by atoms with Crippen LogP contribution in [0.4, 0.5) is 0 Å². The summed E-state index contributed by atoms with van der Waals surface area (Å²) >= 11 is 0.300. The van der Waals surface area contributed by atoms with Gasteiger partial charge in [-0.1, -0.05) is 0 Å². The van der Waals surface area contributed by atoms with Crippen molar-refractivity contribution in [3.05, 3.63) is 0 Å². The molecule has 0 saturated heterocycles. The van der Waals surface area contributed by atoms with E-state index in [9.17, 15) is 0 Å². The summed E-state index contributed by atoms with van der Waals surface area (Å²) in [6, 6.07) is 0. The van der Waals surface area contributed by atoms with E-state index in [0.717, 1.165) is 0 Å². The van der Waals surface area contributed by atoms with Crippen molar-refractivity contribution in [1.82, 2.24) is 0 Å². The second kappa shape index (κ2) is 11.1. The van der Waals surface area contributed by atoms with Crippen molar-refractivity contribution < 1.29 is 58.5 Å². The van der Waals surface area contributed by atoms with Gasteiger partial charge in [-0.3, -0.25) is 16.8 Å². The van der Waals surface area contributed by atoms with Crippen molar-refractivity contribution in [3.8, 4) is 0 Å². The van der Waals surface area contributed by atoms with Crippen LogP contribution >= 0.6 is 0 Å². The molecule has 80 valence electrons. The van der Waals surface area contributed by atoms with Crippen molar-refractivity contribution in [2.75, 3.05) is 0 Å². The molecule has 0 radical (unpaired) electrons. The van der Waals surface area contributed by atoms with Crippen molar-refractivity contribution in [2.24, 2.45) is 0 Å². The van der Waals surface area contributed by atoms with Gasteiger partial charge in [0.15, 0.2) is 0 Å². The van der Waals surface area contributed by atoms with Crippen molar-refractivity contribution in [1.29, 1.82) is 0 Å². The summed E-state index contributed by atoms with van der Waals surface area (Å²) < 4.78 is 76.5. The topological polar surface area (TPSA) is 178 Å². The molecule has 0 fully saturated rings. The summed E-state index contributed by atoms with van der Waals surface area (Å²) in [6.45, 7) is 0. The van der Waals surface area contributed by atoms with Gasteiger partial charge in [0.1, 0.15) is 0 Å². The van der Waals surface area contributed by atoms with E-state index in [0.29, 0.717) is 22.5 Å². The zero-order valence-corrected chi connectivity index (χ0v) is 11.3. The van der Waals surface area contributed by atoms with Gasteiger partial charge in [-0.05, 0) is 0 Å². The van der Waals surface area contributed by atoms with Gasteiger partial charge in [0, 0.05) is 20.8 Å². The monoisotopic (exact) mass is 434 g/mol. The van der Waals surface area contributed by atoms with E-state index < -0.39 is 20.8 Å². The Balaban J connectivity index is -0.0000000491. The molecule has 0 amide bonds. The van der Waals surface area contributed by atoms with Gasteiger partial charge in [-0.2, -0.15) is 0 Å². The molecule has 9 nitrogen and oxygen atoms in total. The van der Waals surface area contributed by atoms with E-state index >= 15 is 0 Å². The van der Waals surface area contributed by atoms with Crippen molar-refractivity contribution in [2.45, 2.75) is 0 Å². The molecule has 0 atom stereocenters. The molecule has 0 aliphatic heterocycles. The first kappa shape index (κ1) is 23.7. The molecule has 0 heterocycles. The average molecular weight is 433 g/mol. The molecule has 0 spiro atoms. The van der Waals surface area contributed by atoms with Crippen LogP contribution in [0.15, 0.2) is 0 Å². The largest absolute Gasteiger partial charge is 2.00 e. The van der Waals surface area contributed by atoms with Gasteiger partial charge in [-0.25, -0.2) is 0 Å². The van der Waals surface area contributed by atoms with E-state index in [4.69, 9.17) is 38.1 Å². The van der Waals surface area contributed by atoms with Crippen LogP contribution in [0, 0.1) is 0 Å². The average Bonchev–Trinajstić information content (AvgIpc) is 1.59. The summed E-state index contributed by atoms with van der Waals surface area (Å²) in [5, 5.41) is 0. The van der Waals surface area contributed by atoms with Crippen molar-refractivity contribution >= 4 is 43.3 Å². The maximum absolute atomic E-state index is 8.52. The zero-order chi connectivity index (χ0) is 11.0. The zero-order valence-electron chi connectivity index (χ0n) is 5.31. The molecule has 0 aliphatic rings. The summed E-state index contributed by atoms with van der Waals surface area (Å²) in [5.74, 6) is 0. The molecule has 0 rings (SSSR count). The third-order valence-electron chi connectivity index (χ3n) is 0. The van der Waals surface area contributed by atoms with E-state index in [1.807, 2.05) is 0 Å². The van der Waals surface area contributed by atoms with Gasteiger partial charge in [0.2, 0.25) is 0 Å². The van der Waals surface area contributed by atoms with Crippen LogP contribution in [-0.4, -0.2) is 57.6 Å². The maximum Gasteiger partial charge on any atom is 2.00 e. The van der Waals surface area contributed by atoms with E-state index in [2.05, 4.69) is 0 Å². The quantitative estimate of drug-likeness (QED) is 0.216. The van der Waals surface area contributed by atoms with Crippen LogP contribution < -0.4 is 0 Å². The minimum atomic E-state index is -5.17. The second-order valence-corrected chi connectivity index (χ2v) is 2.45. The van der Waals surface area contributed by atoms with Crippen LogP contribution in [0.5, 0.6) is 0 Å². The SMILES string of the molecule is O=S(=O)([O-])[O-].O=S(=O)([O-])[O-].[O]=[Sn+2].[Pd+2]. The first-order valence-electron chi connectivity index (χ1n) is 1.54. The van der Waals surface area contributed by atoms with Crippen LogP contribution in [0.2, 0.25) is 0 Å². The van der Waals surface area contributed by atoms with Gasteiger partial charge in [0.25, 0.3) is 0 Å². The Morgan fingerprint density at radius 1 is 0.692 bits per heavy atom. The fourth-order valence-electron chi connectivity index (χ4n) is 0. The van der Waals surface area contributed by atoms with E-state index in [1.165, 1.54) is 0 Å². The third kappa shape index (κ3) is 1570. The molecule has 0 unspecified atom stereocenters. The third-order valence-corrected chi connectivity index (χ3v) is 0. The summed E-state index contributed by atoms with van der Waals surface area (Å²) in [5.41, 5.74) is 0. The fourth-order valence-corrected chi connectivity index (χ4v) is 0. The van der Waals surface area contributed by atoms with Crippen LogP contribution in [0.1, 0.15) is 0 Å². The molecular formula is O9PdS2Sn. The predicted octanol–water partition coefficient (Wildman–Crippen LogP) is -3.18. The summed E-state index contributed by atoms with van der Waals surface area (Å²) in [6.07, 6.45) is 0. The molecule has 0 bridgehead atoms. The standard InChI is InChI=1S/2H2O4S.O.Pd.Sn/c2*1-5(2,3)4;;;/h2*(H2,1,2,3,4);;;/q;;;2*+2/p-4. The van der Waals surface area contributed by atoms with Gasteiger partial charge >= 0.3 is 46.0 Å². The Kier molecular flexibility index (Phi) is 20.2. The van der Waals surface area contributed by atoms with Crippen LogP contribution in [-0.2, 0) is 44.3 Å². The van der Waals surface area contributed by atoms with Gasteiger partial charge in [0.05, 0.1) is 0 Å². The van der Waals surface area contributed by atoms with Crippen LogP contribution in [0.25, 0.3) is 0 Å². The molecule has 13 heteroatoms. The van der Waals surface area contributed by atoms with E-state index in [1.54, 1.807) is 0 Å². The minimum absolute atomic E-state index is 0. The van der Waals surface area contributed by atoms with Gasteiger partial charge < -0.3 is 18.2 Å². The molecule has 0 aliphatic carbocycles. The summed E-state index contributed by atoms with van der Waals surface area (Å²) in [4.78, 5) is 0. The van der Waals surface area contributed by atoms with Crippen LogP contribution in [0.3, 0.4) is 0 Å². The molecule has 0 saturated carbocycles. The molecule has 0 aromatic carbocycles. The number of hydrogen-bond donors (Lipinski definition) is 0. The maximum atomic E-state index is 8.52. The van der Waals surface area contributed by atoms with E-state index in [-0.39, 0.29) is 20.4 Å². The predicted molar refractivity (Wildman–Crippen MR) is 27.4 cm³/mol. The minimum Gasteiger partial charge on any atom is 2.00 e.